The lowest BCUT2D eigenvalue weighted by molar-refractivity contribution is 0.213. The topological polar surface area (TPSA) is 102 Å². The summed E-state index contributed by atoms with van der Waals surface area (Å²) in [5.41, 5.74) is 5.67. The summed E-state index contributed by atoms with van der Waals surface area (Å²) < 4.78 is 32.0. The van der Waals surface area contributed by atoms with Crippen molar-refractivity contribution in [3.63, 3.8) is 0 Å². The Kier molecular flexibility index (Phi) is 3.71. The molecule has 0 radical (unpaired) electrons. The van der Waals surface area contributed by atoms with E-state index in [1.54, 1.807) is 6.07 Å². The minimum atomic E-state index is -3.69. The number of nitrogens with one attached hydrogen (secondary N) is 1. The second-order valence-electron chi connectivity index (χ2n) is 4.89. The Labute approximate surface area is 112 Å². The number of benzene rings is 1. The molecule has 1 aromatic carbocycles. The maximum Gasteiger partial charge on any atom is 0.244 e. The van der Waals surface area contributed by atoms with Gasteiger partial charge in [-0.2, -0.15) is 0 Å². The third-order valence-corrected chi connectivity index (χ3v) is 4.83. The lowest BCUT2D eigenvalue weighted by Gasteiger charge is -2.15. The molecule has 7 heteroatoms. The summed E-state index contributed by atoms with van der Waals surface area (Å²) in [4.78, 5) is 0.0174. The molecule has 1 saturated carbocycles. The van der Waals surface area contributed by atoms with Gasteiger partial charge in [-0.25, -0.2) is 13.1 Å². The highest BCUT2D eigenvalue weighted by Gasteiger charge is 2.42. The van der Waals surface area contributed by atoms with Crippen molar-refractivity contribution < 1.29 is 18.3 Å². The molecule has 0 heterocycles. The second kappa shape index (κ2) is 4.99. The number of ether oxygens (including phenoxy) is 1. The van der Waals surface area contributed by atoms with Gasteiger partial charge in [-0.15, -0.1) is 0 Å². The minimum Gasteiger partial charge on any atom is -0.495 e. The van der Waals surface area contributed by atoms with Gasteiger partial charge in [0, 0.05) is 24.3 Å². The molecule has 0 aliphatic heterocycles. The van der Waals surface area contributed by atoms with Gasteiger partial charge in [0.25, 0.3) is 0 Å². The third kappa shape index (κ3) is 2.99. The fourth-order valence-corrected chi connectivity index (χ4v) is 3.16. The number of anilines is 1. The third-order valence-electron chi connectivity index (χ3n) is 3.41. The van der Waals surface area contributed by atoms with Gasteiger partial charge in [-0.1, -0.05) is 0 Å². The minimum absolute atomic E-state index is 0.0103. The number of sulfonamides is 1. The van der Waals surface area contributed by atoms with Gasteiger partial charge in [-0.3, -0.25) is 0 Å². The van der Waals surface area contributed by atoms with Crippen LogP contribution in [0.3, 0.4) is 0 Å². The van der Waals surface area contributed by atoms with Crippen molar-refractivity contribution >= 4 is 15.7 Å². The molecule has 0 atom stereocenters. The monoisotopic (exact) mass is 286 g/mol. The largest absolute Gasteiger partial charge is 0.495 e. The molecule has 1 aliphatic rings. The fraction of sp³-hybridized carbons (Fsp3) is 0.500. The van der Waals surface area contributed by atoms with Crippen LogP contribution in [0.1, 0.15) is 12.8 Å². The van der Waals surface area contributed by atoms with Crippen LogP contribution in [0.5, 0.6) is 5.75 Å². The molecule has 0 saturated heterocycles. The van der Waals surface area contributed by atoms with E-state index in [1.807, 2.05) is 0 Å². The van der Waals surface area contributed by atoms with Crippen LogP contribution in [0, 0.1) is 5.41 Å². The molecule has 1 aromatic rings. The first-order valence-electron chi connectivity index (χ1n) is 5.96. The van der Waals surface area contributed by atoms with Gasteiger partial charge >= 0.3 is 0 Å². The molecule has 1 aliphatic carbocycles. The SMILES string of the molecule is COc1ccc(N)cc1S(=O)(=O)NCC1(CO)CC1. The van der Waals surface area contributed by atoms with Crippen LogP contribution in [0.2, 0.25) is 0 Å². The zero-order chi connectivity index (χ0) is 14.1. The summed E-state index contributed by atoms with van der Waals surface area (Å²) in [6.45, 7) is 0.216. The van der Waals surface area contributed by atoms with E-state index >= 15 is 0 Å². The average Bonchev–Trinajstić information content (AvgIpc) is 3.17. The molecule has 0 spiro atoms. The summed E-state index contributed by atoms with van der Waals surface area (Å²) in [6, 6.07) is 4.45. The van der Waals surface area contributed by atoms with Crippen molar-refractivity contribution in [2.45, 2.75) is 17.7 Å². The number of aliphatic hydroxyl groups is 1. The van der Waals surface area contributed by atoms with Gasteiger partial charge in [0.2, 0.25) is 10.0 Å². The van der Waals surface area contributed by atoms with E-state index in [1.165, 1.54) is 19.2 Å². The van der Waals surface area contributed by atoms with Crippen molar-refractivity contribution in [1.82, 2.24) is 4.72 Å². The first kappa shape index (κ1) is 14.1. The Balaban J connectivity index is 2.21. The summed E-state index contributed by atoms with van der Waals surface area (Å²) in [7, 11) is -2.29. The summed E-state index contributed by atoms with van der Waals surface area (Å²) in [6.07, 6.45) is 1.67. The second-order valence-corrected chi connectivity index (χ2v) is 6.63. The van der Waals surface area contributed by atoms with Crippen molar-refractivity contribution in [2.75, 3.05) is 26.0 Å². The number of hydrogen-bond donors (Lipinski definition) is 3. The lowest BCUT2D eigenvalue weighted by atomic mass is 10.1. The van der Waals surface area contributed by atoms with Crippen LogP contribution in [-0.2, 0) is 10.0 Å². The van der Waals surface area contributed by atoms with E-state index in [2.05, 4.69) is 4.72 Å². The Morgan fingerprint density at radius 1 is 1.47 bits per heavy atom. The van der Waals surface area contributed by atoms with Crippen LogP contribution >= 0.6 is 0 Å². The normalized spacial score (nSPS) is 17.2. The van der Waals surface area contributed by atoms with E-state index in [9.17, 15) is 13.5 Å². The van der Waals surface area contributed by atoms with Gasteiger partial charge in [-0.05, 0) is 31.0 Å². The van der Waals surface area contributed by atoms with Crippen molar-refractivity contribution in [3.05, 3.63) is 18.2 Å². The molecule has 0 aromatic heterocycles. The van der Waals surface area contributed by atoms with Crippen LogP contribution in [-0.4, -0.2) is 33.8 Å². The molecular formula is C12H18N2O4S. The first-order valence-corrected chi connectivity index (χ1v) is 7.45. The highest BCUT2D eigenvalue weighted by molar-refractivity contribution is 7.89. The lowest BCUT2D eigenvalue weighted by Crippen LogP contribution is -2.32. The predicted octanol–water partition coefficient (Wildman–Crippen LogP) is 0.328. The summed E-state index contributed by atoms with van der Waals surface area (Å²) >= 11 is 0. The standard InChI is InChI=1S/C12H18N2O4S/c1-18-10-3-2-9(13)6-11(10)19(16,17)14-7-12(8-15)4-5-12/h2-3,6,14-15H,4-5,7-8,13H2,1H3. The molecule has 0 amide bonds. The zero-order valence-corrected chi connectivity index (χ0v) is 11.5. The Morgan fingerprint density at radius 3 is 2.68 bits per heavy atom. The summed E-state index contributed by atoms with van der Waals surface area (Å²) in [5.74, 6) is 0.246. The van der Waals surface area contributed by atoms with E-state index < -0.39 is 10.0 Å². The number of hydrogen-bond acceptors (Lipinski definition) is 5. The van der Waals surface area contributed by atoms with Gasteiger partial charge < -0.3 is 15.6 Å². The molecule has 6 nitrogen and oxygen atoms in total. The highest BCUT2D eigenvalue weighted by Crippen LogP contribution is 2.44. The number of methoxy groups -OCH3 is 1. The van der Waals surface area contributed by atoms with Crippen LogP contribution in [0.15, 0.2) is 23.1 Å². The molecular weight excluding hydrogens is 268 g/mol. The molecule has 106 valence electrons. The van der Waals surface area contributed by atoms with Gasteiger partial charge in [0.1, 0.15) is 10.6 Å². The van der Waals surface area contributed by atoms with Gasteiger partial charge in [0.05, 0.1) is 7.11 Å². The molecule has 4 N–H and O–H groups in total. The zero-order valence-electron chi connectivity index (χ0n) is 10.7. The number of nitrogen functional groups attached to an aromatic ring is 1. The van der Waals surface area contributed by atoms with Crippen molar-refractivity contribution in [3.8, 4) is 5.75 Å². The van der Waals surface area contributed by atoms with E-state index in [4.69, 9.17) is 10.5 Å². The number of rotatable bonds is 6. The Bertz CT molecular complexity index is 567. The number of aliphatic hydroxyl groups excluding tert-OH is 1. The maximum atomic E-state index is 12.2. The van der Waals surface area contributed by atoms with Gasteiger partial charge in [0.15, 0.2) is 0 Å². The molecule has 1 fully saturated rings. The quantitative estimate of drug-likeness (QED) is 0.654. The summed E-state index contributed by atoms with van der Waals surface area (Å²) in [5, 5.41) is 9.19. The van der Waals surface area contributed by atoms with Crippen LogP contribution in [0.4, 0.5) is 5.69 Å². The smallest absolute Gasteiger partial charge is 0.244 e. The Hall–Kier alpha value is -1.31. The highest BCUT2D eigenvalue weighted by atomic mass is 32.2. The van der Waals surface area contributed by atoms with Crippen molar-refractivity contribution in [1.29, 1.82) is 0 Å². The predicted molar refractivity (Wildman–Crippen MR) is 71.3 cm³/mol. The molecule has 0 bridgehead atoms. The van der Waals surface area contributed by atoms with E-state index in [-0.39, 0.29) is 29.2 Å². The number of nitrogens with two attached hydrogens (primary N) is 1. The molecule has 0 unspecified atom stereocenters. The fourth-order valence-electron chi connectivity index (χ4n) is 1.80. The van der Waals surface area contributed by atoms with Crippen molar-refractivity contribution in [2.24, 2.45) is 5.41 Å². The van der Waals surface area contributed by atoms with Crippen LogP contribution in [0.25, 0.3) is 0 Å². The molecule has 19 heavy (non-hydrogen) atoms. The first-order chi connectivity index (χ1) is 8.92. The van der Waals surface area contributed by atoms with E-state index in [0.29, 0.717) is 5.69 Å². The Morgan fingerprint density at radius 2 is 2.16 bits per heavy atom. The van der Waals surface area contributed by atoms with E-state index in [0.717, 1.165) is 12.8 Å². The maximum absolute atomic E-state index is 12.2. The molecule has 2 rings (SSSR count). The average molecular weight is 286 g/mol. The van der Waals surface area contributed by atoms with Crippen LogP contribution < -0.4 is 15.2 Å².